The summed E-state index contributed by atoms with van der Waals surface area (Å²) < 4.78 is 6.25. The zero-order valence-corrected chi connectivity index (χ0v) is 17.1. The minimum atomic E-state index is -0.596. The quantitative estimate of drug-likeness (QED) is 0.324. The van der Waals surface area contributed by atoms with Crippen LogP contribution in [0.5, 0.6) is 5.75 Å². The summed E-state index contributed by atoms with van der Waals surface area (Å²) in [4.78, 5) is 34.0. The molecule has 152 valence electrons. The molecule has 0 aliphatic carbocycles. The van der Waals surface area contributed by atoms with Crippen molar-refractivity contribution in [2.45, 2.75) is 0 Å². The lowest BCUT2D eigenvalue weighted by atomic mass is 10.1. The Morgan fingerprint density at radius 3 is 2.67 bits per heavy atom. The number of nitrogens with zero attached hydrogens (tertiary/aromatic N) is 1. The lowest BCUT2D eigenvalue weighted by Gasteiger charge is -2.10. The van der Waals surface area contributed by atoms with Crippen LogP contribution in [0.1, 0.15) is 5.56 Å². The summed E-state index contributed by atoms with van der Waals surface area (Å²) >= 11 is 3.47. The molecule has 2 amide bonds. The number of ether oxygens (including phenoxy) is 1. The number of hydrogen-bond donors (Lipinski definition) is 2. The molecule has 0 radical (unpaired) electrons. The van der Waals surface area contributed by atoms with Gasteiger partial charge in [-0.05, 0) is 44.4 Å². The predicted molar refractivity (Wildman–Crippen MR) is 116 cm³/mol. The fourth-order valence-corrected chi connectivity index (χ4v) is 3.20. The third kappa shape index (κ3) is 5.42. The maximum atomic E-state index is 11.9. The topological polar surface area (TPSA) is 111 Å². The van der Waals surface area contributed by atoms with Crippen molar-refractivity contribution in [1.82, 2.24) is 10.9 Å². The number of nitro groups is 1. The number of hydrazine groups is 1. The lowest BCUT2D eigenvalue weighted by Crippen LogP contribution is -2.43. The van der Waals surface area contributed by atoms with E-state index in [0.717, 1.165) is 21.3 Å². The van der Waals surface area contributed by atoms with Gasteiger partial charge in [-0.1, -0.05) is 42.5 Å². The Morgan fingerprint density at radius 1 is 1.07 bits per heavy atom. The van der Waals surface area contributed by atoms with Gasteiger partial charge in [0.2, 0.25) is 0 Å². The second kappa shape index (κ2) is 9.66. The Hall–Kier alpha value is -3.72. The highest BCUT2D eigenvalue weighted by Crippen LogP contribution is 2.32. The van der Waals surface area contributed by atoms with E-state index in [-0.39, 0.29) is 12.3 Å². The summed E-state index contributed by atoms with van der Waals surface area (Å²) in [5.74, 6) is -0.644. The van der Waals surface area contributed by atoms with Gasteiger partial charge in [-0.3, -0.25) is 30.6 Å². The molecule has 30 heavy (non-hydrogen) atoms. The maximum absolute atomic E-state index is 11.9. The molecule has 0 aliphatic rings. The smallest absolute Gasteiger partial charge is 0.276 e. The van der Waals surface area contributed by atoms with Gasteiger partial charge >= 0.3 is 0 Å². The van der Waals surface area contributed by atoms with Crippen LogP contribution in [0.4, 0.5) is 5.69 Å². The van der Waals surface area contributed by atoms with Gasteiger partial charge in [0, 0.05) is 18.2 Å². The summed E-state index contributed by atoms with van der Waals surface area (Å²) in [6.45, 7) is -0.300. The van der Waals surface area contributed by atoms with Gasteiger partial charge in [0.05, 0.1) is 9.40 Å². The molecule has 0 unspecified atom stereocenters. The van der Waals surface area contributed by atoms with E-state index in [0.29, 0.717) is 11.3 Å². The van der Waals surface area contributed by atoms with E-state index in [1.807, 2.05) is 30.3 Å². The van der Waals surface area contributed by atoms with Crippen molar-refractivity contribution in [3.63, 3.8) is 0 Å². The predicted octanol–water partition coefficient (Wildman–Crippen LogP) is 3.75. The van der Waals surface area contributed by atoms with Crippen molar-refractivity contribution in [3.8, 4) is 5.75 Å². The minimum Gasteiger partial charge on any atom is -0.483 e. The Bertz CT molecular complexity index is 1150. The molecule has 9 heteroatoms. The first-order valence-electron chi connectivity index (χ1n) is 8.75. The second-order valence-corrected chi connectivity index (χ2v) is 6.90. The maximum Gasteiger partial charge on any atom is 0.276 e. The second-order valence-electron chi connectivity index (χ2n) is 6.11. The Kier molecular flexibility index (Phi) is 6.76. The third-order valence-electron chi connectivity index (χ3n) is 4.02. The highest BCUT2D eigenvalue weighted by atomic mass is 79.9. The van der Waals surface area contributed by atoms with Crippen molar-refractivity contribution in [1.29, 1.82) is 0 Å². The number of halogens is 1. The summed E-state index contributed by atoms with van der Waals surface area (Å²) in [6, 6.07) is 17.2. The number of non-ortho nitro benzene ring substituents is 1. The highest BCUT2D eigenvalue weighted by molar-refractivity contribution is 9.10. The highest BCUT2D eigenvalue weighted by Gasteiger charge is 2.09. The Morgan fingerprint density at radius 2 is 1.87 bits per heavy atom. The fourth-order valence-electron chi connectivity index (χ4n) is 2.59. The van der Waals surface area contributed by atoms with Crippen LogP contribution in [0.15, 0.2) is 71.2 Å². The Labute approximate surface area is 179 Å². The van der Waals surface area contributed by atoms with Crippen LogP contribution in [-0.4, -0.2) is 23.3 Å². The molecule has 3 aromatic carbocycles. The number of rotatable bonds is 6. The monoisotopic (exact) mass is 469 g/mol. The number of amides is 2. The number of fused-ring (bicyclic) bond motifs is 1. The van der Waals surface area contributed by atoms with Crippen molar-refractivity contribution >= 4 is 50.3 Å². The lowest BCUT2D eigenvalue weighted by molar-refractivity contribution is -0.384. The average molecular weight is 470 g/mol. The van der Waals surface area contributed by atoms with E-state index in [9.17, 15) is 19.7 Å². The molecular weight excluding hydrogens is 454 g/mol. The SMILES string of the molecule is O=C(/C=C/c1cccc([N+](=O)[O-])c1)NNC(=O)COc1ccc2ccccc2c1Br. The molecule has 3 aromatic rings. The van der Waals surface area contributed by atoms with E-state index in [4.69, 9.17) is 4.74 Å². The van der Waals surface area contributed by atoms with E-state index in [1.54, 1.807) is 12.1 Å². The first kappa shape index (κ1) is 21.0. The normalized spacial score (nSPS) is 10.7. The number of nitrogens with one attached hydrogen (secondary N) is 2. The van der Waals surface area contributed by atoms with Crippen molar-refractivity contribution in [2.75, 3.05) is 6.61 Å². The molecule has 0 heterocycles. The van der Waals surface area contributed by atoms with Crippen LogP contribution in [-0.2, 0) is 9.59 Å². The van der Waals surface area contributed by atoms with E-state index in [1.165, 1.54) is 24.3 Å². The van der Waals surface area contributed by atoms with Crippen LogP contribution < -0.4 is 15.6 Å². The summed E-state index contributed by atoms with van der Waals surface area (Å²) in [5.41, 5.74) is 4.86. The van der Waals surface area contributed by atoms with Crippen LogP contribution in [0, 0.1) is 10.1 Å². The molecule has 0 bridgehead atoms. The molecule has 0 spiro atoms. The van der Waals surface area contributed by atoms with Gasteiger partial charge in [0.25, 0.3) is 17.5 Å². The Balaban J connectivity index is 1.50. The molecule has 0 atom stereocenters. The number of hydrogen-bond acceptors (Lipinski definition) is 5. The van der Waals surface area contributed by atoms with Crippen LogP contribution in [0.25, 0.3) is 16.8 Å². The molecule has 0 aromatic heterocycles. The number of benzene rings is 3. The van der Waals surface area contributed by atoms with E-state index >= 15 is 0 Å². The van der Waals surface area contributed by atoms with Gasteiger partial charge in [-0.25, -0.2) is 0 Å². The molecular formula is C21H16BrN3O5. The van der Waals surface area contributed by atoms with Crippen molar-refractivity contribution < 1.29 is 19.2 Å². The van der Waals surface area contributed by atoms with E-state index < -0.39 is 16.7 Å². The molecule has 0 fully saturated rings. The van der Waals surface area contributed by atoms with Gasteiger partial charge in [-0.2, -0.15) is 0 Å². The summed E-state index contributed by atoms with van der Waals surface area (Å²) in [5, 5.41) is 12.7. The van der Waals surface area contributed by atoms with Gasteiger partial charge in [0.1, 0.15) is 5.75 Å². The molecule has 0 saturated heterocycles. The molecule has 0 aliphatic heterocycles. The molecule has 2 N–H and O–H groups in total. The largest absolute Gasteiger partial charge is 0.483 e. The minimum absolute atomic E-state index is 0.0807. The van der Waals surface area contributed by atoms with Crippen molar-refractivity contribution in [2.24, 2.45) is 0 Å². The summed E-state index contributed by atoms with van der Waals surface area (Å²) in [7, 11) is 0. The van der Waals surface area contributed by atoms with Gasteiger partial charge in [-0.15, -0.1) is 0 Å². The summed E-state index contributed by atoms with van der Waals surface area (Å²) in [6.07, 6.45) is 2.55. The van der Waals surface area contributed by atoms with Gasteiger partial charge < -0.3 is 4.74 Å². The number of carbonyl (C=O) groups is 2. The zero-order valence-electron chi connectivity index (χ0n) is 15.5. The molecule has 3 rings (SSSR count). The number of carbonyl (C=O) groups excluding carboxylic acids is 2. The molecule has 8 nitrogen and oxygen atoms in total. The first-order valence-corrected chi connectivity index (χ1v) is 9.55. The van der Waals surface area contributed by atoms with Crippen molar-refractivity contribution in [3.05, 3.63) is 86.9 Å². The number of nitro benzene ring substituents is 1. The molecule has 0 saturated carbocycles. The van der Waals surface area contributed by atoms with E-state index in [2.05, 4.69) is 26.8 Å². The van der Waals surface area contributed by atoms with Crippen LogP contribution >= 0.6 is 15.9 Å². The van der Waals surface area contributed by atoms with Gasteiger partial charge in [0.15, 0.2) is 6.61 Å². The standard InChI is InChI=1S/C21H16BrN3O5/c22-21-17-7-2-1-5-15(17)9-10-18(21)30-13-20(27)24-23-19(26)11-8-14-4-3-6-16(12-14)25(28)29/h1-12H,13H2,(H,23,26)(H,24,27)/b11-8+. The third-order valence-corrected chi connectivity index (χ3v) is 4.84. The van der Waals surface area contributed by atoms with Crippen LogP contribution in [0.2, 0.25) is 0 Å². The fraction of sp³-hybridized carbons (Fsp3) is 0.0476. The average Bonchev–Trinajstić information content (AvgIpc) is 2.76. The zero-order chi connectivity index (χ0) is 21.5. The first-order chi connectivity index (χ1) is 14.4. The van der Waals surface area contributed by atoms with Crippen LogP contribution in [0.3, 0.4) is 0 Å².